The van der Waals surface area contributed by atoms with E-state index < -0.39 is 0 Å². The topological polar surface area (TPSA) is 57.7 Å². The number of anilines is 1. The Morgan fingerprint density at radius 1 is 1.14 bits per heavy atom. The van der Waals surface area contributed by atoms with Crippen molar-refractivity contribution >= 4 is 22.5 Å². The molecular weight excluding hydrogens is 372 g/mol. The first-order valence-electron chi connectivity index (χ1n) is 10.1. The quantitative estimate of drug-likeness (QED) is 0.830. The smallest absolute Gasteiger partial charge is 0.323 e. The van der Waals surface area contributed by atoms with Crippen LogP contribution in [0.5, 0.6) is 0 Å². The van der Waals surface area contributed by atoms with Gasteiger partial charge in [-0.1, -0.05) is 30.3 Å². The number of amides is 2. The van der Waals surface area contributed by atoms with Crippen LogP contribution in [-0.4, -0.2) is 66.8 Å². The van der Waals surface area contributed by atoms with E-state index in [4.69, 9.17) is 4.74 Å². The molecule has 3 heterocycles. The van der Waals surface area contributed by atoms with Gasteiger partial charge >= 0.3 is 6.03 Å². The molecule has 0 unspecified atom stereocenters. The van der Waals surface area contributed by atoms with Crippen molar-refractivity contribution in [1.82, 2.24) is 14.8 Å². The molecule has 150 valence electrons. The lowest BCUT2D eigenvalue weighted by Crippen LogP contribution is -2.42. The summed E-state index contributed by atoms with van der Waals surface area (Å²) in [6.07, 6.45) is 3.40. The molecule has 1 N–H and O–H groups in total. The first kappa shape index (κ1) is 19.4. The number of aromatic nitrogens is 1. The fourth-order valence-electron chi connectivity index (χ4n) is 3.86. The van der Waals surface area contributed by atoms with Crippen molar-refractivity contribution in [1.29, 1.82) is 0 Å². The maximum atomic E-state index is 12.6. The largest absolute Gasteiger partial charge is 0.379 e. The van der Waals surface area contributed by atoms with Crippen LogP contribution in [0.2, 0.25) is 0 Å². The van der Waals surface area contributed by atoms with Crippen molar-refractivity contribution in [2.45, 2.75) is 19.3 Å². The van der Waals surface area contributed by atoms with Crippen LogP contribution < -0.4 is 5.32 Å². The molecule has 7 heteroatoms. The van der Waals surface area contributed by atoms with Crippen molar-refractivity contribution in [2.75, 3.05) is 51.3 Å². The summed E-state index contributed by atoms with van der Waals surface area (Å²) in [5, 5.41) is 5.63. The molecule has 0 atom stereocenters. The number of morpholine rings is 1. The third-order valence-electron chi connectivity index (χ3n) is 5.65. The van der Waals surface area contributed by atoms with Crippen LogP contribution >= 0.6 is 11.3 Å². The molecule has 0 spiro atoms. The third kappa shape index (κ3) is 5.10. The van der Waals surface area contributed by atoms with Crippen LogP contribution in [0.3, 0.4) is 0 Å². The third-order valence-corrected chi connectivity index (χ3v) is 6.40. The average Bonchev–Trinajstić information content (AvgIpc) is 3.22. The summed E-state index contributed by atoms with van der Waals surface area (Å²) in [5.41, 5.74) is 1.98. The molecule has 2 aliphatic rings. The number of carbonyl (C=O) groups excluding carboxylic acids is 1. The average molecular weight is 401 g/mol. The van der Waals surface area contributed by atoms with Gasteiger partial charge in [-0.15, -0.1) is 11.3 Å². The van der Waals surface area contributed by atoms with Gasteiger partial charge in [0.2, 0.25) is 0 Å². The highest BCUT2D eigenvalue weighted by molar-refractivity contribution is 7.14. The molecule has 28 heavy (non-hydrogen) atoms. The van der Waals surface area contributed by atoms with Gasteiger partial charge in [0.15, 0.2) is 5.13 Å². The molecule has 2 saturated heterocycles. The molecular formula is C21H28N4O2S. The second kappa shape index (κ2) is 9.49. The monoisotopic (exact) mass is 400 g/mol. The second-order valence-electron chi connectivity index (χ2n) is 7.51. The Morgan fingerprint density at radius 3 is 2.64 bits per heavy atom. The number of piperidine rings is 1. The Hall–Kier alpha value is -1.96. The Bertz CT molecular complexity index is 753. The summed E-state index contributed by atoms with van der Waals surface area (Å²) in [4.78, 5) is 21.6. The molecule has 0 bridgehead atoms. The maximum absolute atomic E-state index is 12.6. The van der Waals surface area contributed by atoms with Gasteiger partial charge in [0.1, 0.15) is 0 Å². The SMILES string of the molecule is O=C(Nc1nc(-c2ccccc2)cs1)N1CCC(CCN2CCOCC2)CC1. The second-order valence-corrected chi connectivity index (χ2v) is 8.37. The van der Waals surface area contributed by atoms with Crippen LogP contribution in [0.15, 0.2) is 35.7 Å². The fourth-order valence-corrected chi connectivity index (χ4v) is 4.57. The number of hydrogen-bond donors (Lipinski definition) is 1. The minimum absolute atomic E-state index is 0.0272. The molecule has 6 nitrogen and oxygen atoms in total. The number of thiazole rings is 1. The molecule has 0 radical (unpaired) electrons. The van der Waals surface area contributed by atoms with E-state index in [0.29, 0.717) is 5.13 Å². The highest BCUT2D eigenvalue weighted by atomic mass is 32.1. The Labute approximate surface area is 170 Å². The van der Waals surface area contributed by atoms with Crippen LogP contribution in [0, 0.1) is 5.92 Å². The molecule has 2 aromatic rings. The minimum atomic E-state index is -0.0272. The van der Waals surface area contributed by atoms with E-state index in [2.05, 4.69) is 15.2 Å². The zero-order valence-electron chi connectivity index (χ0n) is 16.2. The number of rotatable bonds is 5. The molecule has 2 aliphatic heterocycles. The minimum Gasteiger partial charge on any atom is -0.379 e. The molecule has 2 fully saturated rings. The normalized spacial score (nSPS) is 18.9. The lowest BCUT2D eigenvalue weighted by atomic mass is 9.93. The summed E-state index contributed by atoms with van der Waals surface area (Å²) in [7, 11) is 0. The summed E-state index contributed by atoms with van der Waals surface area (Å²) in [6, 6.07) is 10.0. The van der Waals surface area contributed by atoms with Crippen LogP contribution in [0.1, 0.15) is 19.3 Å². The zero-order valence-corrected chi connectivity index (χ0v) is 17.0. The fraction of sp³-hybridized carbons (Fsp3) is 0.524. The summed E-state index contributed by atoms with van der Waals surface area (Å²) in [6.45, 7) is 6.65. The first-order valence-corrected chi connectivity index (χ1v) is 11.0. The maximum Gasteiger partial charge on any atom is 0.323 e. The van der Waals surface area contributed by atoms with Crippen LogP contribution in [0.25, 0.3) is 11.3 Å². The van der Waals surface area contributed by atoms with Gasteiger partial charge in [0.05, 0.1) is 18.9 Å². The van der Waals surface area contributed by atoms with Crippen molar-refractivity contribution in [3.63, 3.8) is 0 Å². The van der Waals surface area contributed by atoms with E-state index in [1.54, 1.807) is 0 Å². The van der Waals surface area contributed by atoms with Gasteiger partial charge in [-0.25, -0.2) is 9.78 Å². The van der Waals surface area contributed by atoms with Crippen molar-refractivity contribution < 1.29 is 9.53 Å². The van der Waals surface area contributed by atoms with E-state index >= 15 is 0 Å². The lowest BCUT2D eigenvalue weighted by molar-refractivity contribution is 0.0340. The van der Waals surface area contributed by atoms with Gasteiger partial charge in [0, 0.05) is 37.1 Å². The summed E-state index contributed by atoms with van der Waals surface area (Å²) in [5.74, 6) is 0.719. The lowest BCUT2D eigenvalue weighted by Gasteiger charge is -2.33. The number of hydrogen-bond acceptors (Lipinski definition) is 5. The predicted molar refractivity (Wildman–Crippen MR) is 113 cm³/mol. The number of benzene rings is 1. The predicted octanol–water partition coefficient (Wildman–Crippen LogP) is 3.78. The standard InChI is InChI=1S/C21H28N4O2S/c26-21(23-20-22-19(16-28-20)18-4-2-1-3-5-18)25-10-7-17(8-11-25)6-9-24-12-14-27-15-13-24/h1-5,16-17H,6-15H2,(H,22,23,26). The van der Waals surface area contributed by atoms with Gasteiger partial charge < -0.3 is 9.64 Å². The van der Waals surface area contributed by atoms with Gasteiger partial charge in [-0.3, -0.25) is 10.2 Å². The van der Waals surface area contributed by atoms with E-state index in [-0.39, 0.29) is 6.03 Å². The number of likely N-dealkylation sites (tertiary alicyclic amines) is 1. The summed E-state index contributed by atoms with van der Waals surface area (Å²) >= 11 is 1.48. The Kier molecular flexibility index (Phi) is 6.57. The van der Waals surface area contributed by atoms with Gasteiger partial charge in [-0.2, -0.15) is 0 Å². The molecule has 0 aliphatic carbocycles. The highest BCUT2D eigenvalue weighted by Gasteiger charge is 2.24. The highest BCUT2D eigenvalue weighted by Crippen LogP contribution is 2.26. The van der Waals surface area contributed by atoms with E-state index in [1.165, 1.54) is 17.8 Å². The number of carbonyl (C=O) groups is 1. The summed E-state index contributed by atoms with van der Waals surface area (Å²) < 4.78 is 5.41. The molecule has 4 rings (SSSR count). The number of nitrogens with one attached hydrogen (secondary N) is 1. The molecule has 1 aromatic carbocycles. The Balaban J connectivity index is 1.21. The molecule has 1 aromatic heterocycles. The molecule has 0 saturated carbocycles. The number of nitrogens with zero attached hydrogens (tertiary/aromatic N) is 3. The number of ether oxygens (including phenoxy) is 1. The Morgan fingerprint density at radius 2 is 1.89 bits per heavy atom. The first-order chi connectivity index (χ1) is 13.8. The van der Waals surface area contributed by atoms with Gasteiger partial charge in [0.25, 0.3) is 0 Å². The van der Waals surface area contributed by atoms with Crippen molar-refractivity contribution in [2.24, 2.45) is 5.92 Å². The van der Waals surface area contributed by atoms with E-state index in [9.17, 15) is 4.79 Å². The number of urea groups is 1. The van der Waals surface area contributed by atoms with E-state index in [1.807, 2.05) is 40.6 Å². The molecule has 2 amide bonds. The van der Waals surface area contributed by atoms with E-state index in [0.717, 1.165) is 76.0 Å². The van der Waals surface area contributed by atoms with Crippen LogP contribution in [0.4, 0.5) is 9.93 Å². The van der Waals surface area contributed by atoms with Crippen molar-refractivity contribution in [3.8, 4) is 11.3 Å². The zero-order chi connectivity index (χ0) is 19.2. The van der Waals surface area contributed by atoms with Crippen molar-refractivity contribution in [3.05, 3.63) is 35.7 Å². The van der Waals surface area contributed by atoms with Crippen LogP contribution in [-0.2, 0) is 4.74 Å². The van der Waals surface area contributed by atoms with Gasteiger partial charge in [-0.05, 0) is 31.7 Å².